The van der Waals surface area contributed by atoms with E-state index in [0.717, 1.165) is 5.56 Å². The van der Waals surface area contributed by atoms with Crippen LogP contribution in [-0.4, -0.2) is 53.9 Å². The maximum Gasteiger partial charge on any atom is 0.389 e. The first-order valence-electron chi connectivity index (χ1n) is 10.7. The van der Waals surface area contributed by atoms with Crippen LogP contribution in [-0.2, 0) is 0 Å². The van der Waals surface area contributed by atoms with Crippen LogP contribution in [0.5, 0.6) is 11.6 Å². The minimum atomic E-state index is -4.17. The first-order chi connectivity index (χ1) is 15.7. The maximum atomic E-state index is 12.6. The smallest absolute Gasteiger partial charge is 0.389 e. The Kier molecular flexibility index (Phi) is 8.13. The average molecular weight is 464 g/mol. The standard InChI is InChI=1S/C23H27F3N4O3/c1-16-15-30(22(31)29-20-13-28-21(32-2)14-27-20)9-7-18(16)11-17-5-3-6-19(12-17)33-10-4-8-23(24,25)26/h3,5-6,11-14,16H,4,7-10,15H2,1-2H3,(H,27,29,31). The molecule has 33 heavy (non-hydrogen) atoms. The van der Waals surface area contributed by atoms with Crippen molar-refractivity contribution in [2.45, 2.75) is 32.4 Å². The summed E-state index contributed by atoms with van der Waals surface area (Å²) in [4.78, 5) is 22.4. The number of halogens is 3. The highest BCUT2D eigenvalue weighted by molar-refractivity contribution is 5.88. The highest BCUT2D eigenvalue weighted by atomic mass is 19.4. The van der Waals surface area contributed by atoms with E-state index < -0.39 is 12.6 Å². The highest BCUT2D eigenvalue weighted by Crippen LogP contribution is 2.27. The number of urea groups is 1. The molecule has 1 unspecified atom stereocenters. The monoisotopic (exact) mass is 464 g/mol. The molecule has 0 aliphatic carbocycles. The lowest BCUT2D eigenvalue weighted by Gasteiger charge is -2.33. The summed E-state index contributed by atoms with van der Waals surface area (Å²) < 4.78 is 47.2. The molecule has 178 valence electrons. The Morgan fingerprint density at radius 1 is 1.30 bits per heavy atom. The van der Waals surface area contributed by atoms with Gasteiger partial charge in [-0.2, -0.15) is 13.2 Å². The van der Waals surface area contributed by atoms with Crippen molar-refractivity contribution in [3.05, 3.63) is 47.8 Å². The van der Waals surface area contributed by atoms with Crippen molar-refractivity contribution >= 4 is 17.9 Å². The Morgan fingerprint density at radius 2 is 2.12 bits per heavy atom. The number of nitrogens with zero attached hydrogens (tertiary/aromatic N) is 3. The molecular formula is C23H27F3N4O3. The number of ether oxygens (including phenoxy) is 2. The van der Waals surface area contributed by atoms with Gasteiger partial charge < -0.3 is 14.4 Å². The predicted octanol–water partition coefficient (Wildman–Crippen LogP) is 5.16. The number of amides is 2. The van der Waals surface area contributed by atoms with E-state index in [1.807, 2.05) is 18.2 Å². The summed E-state index contributed by atoms with van der Waals surface area (Å²) >= 11 is 0. The summed E-state index contributed by atoms with van der Waals surface area (Å²) in [6.07, 6.45) is 0.531. The van der Waals surface area contributed by atoms with Crippen molar-refractivity contribution in [3.8, 4) is 11.6 Å². The van der Waals surface area contributed by atoms with Gasteiger partial charge in [0.15, 0.2) is 5.82 Å². The van der Waals surface area contributed by atoms with Crippen LogP contribution in [0.4, 0.5) is 23.8 Å². The van der Waals surface area contributed by atoms with Gasteiger partial charge in [-0.05, 0) is 36.5 Å². The summed E-state index contributed by atoms with van der Waals surface area (Å²) in [5.41, 5.74) is 2.11. The van der Waals surface area contributed by atoms with E-state index >= 15 is 0 Å². The van der Waals surface area contributed by atoms with Gasteiger partial charge >= 0.3 is 12.2 Å². The molecule has 2 aromatic rings. The van der Waals surface area contributed by atoms with E-state index in [0.29, 0.717) is 37.0 Å². The lowest BCUT2D eigenvalue weighted by Crippen LogP contribution is -2.42. The quantitative estimate of drug-likeness (QED) is 0.573. The highest BCUT2D eigenvalue weighted by Gasteiger charge is 2.26. The van der Waals surface area contributed by atoms with Gasteiger partial charge in [-0.25, -0.2) is 14.8 Å². The SMILES string of the molecule is COc1cnc(NC(=O)N2CCC(=Cc3cccc(OCCCC(F)(F)F)c3)C(C)C2)cn1. The van der Waals surface area contributed by atoms with E-state index in [2.05, 4.69) is 28.3 Å². The number of hydrogen-bond donors (Lipinski definition) is 1. The Labute approximate surface area is 190 Å². The fourth-order valence-electron chi connectivity index (χ4n) is 3.49. The minimum Gasteiger partial charge on any atom is -0.494 e. The number of aromatic nitrogens is 2. The number of carbonyl (C=O) groups is 1. The van der Waals surface area contributed by atoms with Gasteiger partial charge in [-0.3, -0.25) is 5.32 Å². The van der Waals surface area contributed by atoms with Gasteiger partial charge in [0, 0.05) is 19.5 Å². The summed E-state index contributed by atoms with van der Waals surface area (Å²) in [5, 5.41) is 2.74. The predicted molar refractivity (Wildman–Crippen MR) is 118 cm³/mol. The molecule has 2 heterocycles. The summed E-state index contributed by atoms with van der Waals surface area (Å²) in [5.74, 6) is 1.39. The van der Waals surface area contributed by atoms with Crippen LogP contribution >= 0.6 is 0 Å². The second-order valence-corrected chi connectivity index (χ2v) is 7.83. The Balaban J connectivity index is 1.53. The molecule has 1 saturated heterocycles. The lowest BCUT2D eigenvalue weighted by molar-refractivity contribution is -0.136. The third kappa shape index (κ3) is 7.65. The third-order valence-corrected chi connectivity index (χ3v) is 5.24. The van der Waals surface area contributed by atoms with Crippen LogP contribution in [0.3, 0.4) is 0 Å². The van der Waals surface area contributed by atoms with Crippen molar-refractivity contribution in [1.29, 1.82) is 0 Å². The van der Waals surface area contributed by atoms with Crippen molar-refractivity contribution in [1.82, 2.24) is 14.9 Å². The molecule has 10 heteroatoms. The largest absolute Gasteiger partial charge is 0.494 e. The number of rotatable bonds is 7. The van der Waals surface area contributed by atoms with Crippen molar-refractivity contribution in [2.75, 3.05) is 32.1 Å². The van der Waals surface area contributed by atoms with Gasteiger partial charge in [0.25, 0.3) is 0 Å². The number of likely N-dealkylation sites (tertiary alicyclic amines) is 1. The van der Waals surface area contributed by atoms with Crippen molar-refractivity contribution in [3.63, 3.8) is 0 Å². The van der Waals surface area contributed by atoms with E-state index in [-0.39, 0.29) is 25.0 Å². The van der Waals surface area contributed by atoms with Gasteiger partial charge in [0.2, 0.25) is 5.88 Å². The molecule has 0 radical (unpaired) electrons. The second kappa shape index (κ2) is 11.0. The zero-order valence-corrected chi connectivity index (χ0v) is 18.6. The summed E-state index contributed by atoms with van der Waals surface area (Å²) in [7, 11) is 1.49. The molecule has 2 amide bonds. The minimum absolute atomic E-state index is 0.0125. The first kappa shape index (κ1) is 24.3. The van der Waals surface area contributed by atoms with Gasteiger partial charge in [0.1, 0.15) is 5.75 Å². The Bertz CT molecular complexity index is 964. The molecule has 0 saturated carbocycles. The fraction of sp³-hybridized carbons (Fsp3) is 0.435. The molecular weight excluding hydrogens is 437 g/mol. The molecule has 1 fully saturated rings. The lowest BCUT2D eigenvalue weighted by atomic mass is 9.91. The van der Waals surface area contributed by atoms with Crippen LogP contribution in [0.2, 0.25) is 0 Å². The molecule has 1 aliphatic heterocycles. The van der Waals surface area contributed by atoms with Crippen molar-refractivity contribution < 1.29 is 27.4 Å². The van der Waals surface area contributed by atoms with Crippen LogP contribution in [0.1, 0.15) is 31.7 Å². The number of anilines is 1. The molecule has 1 aromatic heterocycles. The normalized spacial score (nSPS) is 17.7. The number of carbonyl (C=O) groups excluding carboxylic acids is 1. The topological polar surface area (TPSA) is 76.6 Å². The molecule has 0 spiro atoms. The number of piperidine rings is 1. The number of nitrogens with one attached hydrogen (secondary N) is 1. The zero-order chi connectivity index (χ0) is 23.8. The second-order valence-electron chi connectivity index (χ2n) is 7.83. The molecule has 1 aliphatic rings. The van der Waals surface area contributed by atoms with Gasteiger partial charge in [0.05, 0.1) is 26.1 Å². The molecule has 1 atom stereocenters. The Morgan fingerprint density at radius 3 is 2.79 bits per heavy atom. The molecule has 1 aromatic carbocycles. The van der Waals surface area contributed by atoms with E-state index in [1.54, 1.807) is 11.0 Å². The number of benzene rings is 1. The van der Waals surface area contributed by atoms with Crippen LogP contribution in [0.15, 0.2) is 42.2 Å². The van der Waals surface area contributed by atoms with Gasteiger partial charge in [-0.15, -0.1) is 0 Å². The Hall–Kier alpha value is -3.30. The first-order valence-corrected chi connectivity index (χ1v) is 10.7. The van der Waals surface area contributed by atoms with E-state index in [9.17, 15) is 18.0 Å². The maximum absolute atomic E-state index is 12.6. The van der Waals surface area contributed by atoms with E-state index in [1.165, 1.54) is 25.1 Å². The molecule has 3 rings (SSSR count). The summed E-state index contributed by atoms with van der Waals surface area (Å²) in [6, 6.07) is 7.04. The van der Waals surface area contributed by atoms with Crippen LogP contribution in [0.25, 0.3) is 6.08 Å². The number of methoxy groups -OCH3 is 1. The number of alkyl halides is 3. The van der Waals surface area contributed by atoms with Gasteiger partial charge in [-0.1, -0.05) is 30.7 Å². The van der Waals surface area contributed by atoms with Crippen molar-refractivity contribution in [2.24, 2.45) is 5.92 Å². The fourth-order valence-corrected chi connectivity index (χ4v) is 3.49. The summed E-state index contributed by atoms with van der Waals surface area (Å²) in [6.45, 7) is 3.17. The molecule has 7 nitrogen and oxygen atoms in total. The van der Waals surface area contributed by atoms with E-state index in [4.69, 9.17) is 9.47 Å². The molecule has 0 bridgehead atoms. The number of hydrogen-bond acceptors (Lipinski definition) is 5. The molecule has 1 N–H and O–H groups in total. The van der Waals surface area contributed by atoms with Crippen LogP contribution in [0, 0.1) is 5.92 Å². The average Bonchev–Trinajstić information content (AvgIpc) is 2.78. The third-order valence-electron chi connectivity index (χ3n) is 5.24. The zero-order valence-electron chi connectivity index (χ0n) is 18.6. The van der Waals surface area contributed by atoms with Crippen LogP contribution < -0.4 is 14.8 Å².